The molecule has 2 aromatic heterocycles. The normalized spacial score (nSPS) is 10.9. The molecule has 0 saturated carbocycles. The summed E-state index contributed by atoms with van der Waals surface area (Å²) < 4.78 is 13.0. The van der Waals surface area contributed by atoms with Gasteiger partial charge >= 0.3 is 0 Å². The van der Waals surface area contributed by atoms with E-state index in [1.165, 1.54) is 0 Å². The number of imidazole rings is 1. The number of aromatic nitrogens is 3. The summed E-state index contributed by atoms with van der Waals surface area (Å²) in [6.07, 6.45) is 4.41. The van der Waals surface area contributed by atoms with Crippen molar-refractivity contribution < 1.29 is 9.47 Å². The summed E-state index contributed by atoms with van der Waals surface area (Å²) >= 11 is 0. The van der Waals surface area contributed by atoms with E-state index >= 15 is 0 Å². The van der Waals surface area contributed by atoms with Gasteiger partial charge < -0.3 is 19.8 Å². The van der Waals surface area contributed by atoms with Gasteiger partial charge in [0.1, 0.15) is 5.82 Å². The topological polar surface area (TPSA) is 75.2 Å². The second-order valence-electron chi connectivity index (χ2n) is 5.16. The fourth-order valence-corrected chi connectivity index (χ4v) is 2.65. The molecule has 1 aromatic carbocycles. The predicted molar refractivity (Wildman–Crippen MR) is 89.7 cm³/mol. The van der Waals surface area contributed by atoms with Crippen molar-refractivity contribution in [3.05, 3.63) is 36.7 Å². The molecule has 0 aliphatic rings. The number of hydrogen-bond acceptors (Lipinski definition) is 5. The number of hydrogen-bond donors (Lipinski definition) is 1. The molecule has 0 fully saturated rings. The number of aryl methyl sites for hydroxylation is 1. The van der Waals surface area contributed by atoms with E-state index in [4.69, 9.17) is 20.2 Å². The van der Waals surface area contributed by atoms with Crippen LogP contribution in [0.25, 0.3) is 22.4 Å². The van der Waals surface area contributed by atoms with Crippen molar-refractivity contribution in [1.82, 2.24) is 14.5 Å². The molecule has 0 unspecified atom stereocenters. The number of methoxy groups -OCH3 is 2. The van der Waals surface area contributed by atoms with E-state index in [-0.39, 0.29) is 0 Å². The standard InChI is InChI=1S/C17H20N4O2/c1-22-15-10-13-14(11-16(15)23-2)21(9-3-6-18)17(20-13)12-4-7-19-8-5-12/h4-5,7-8,10-11H,3,6,9,18H2,1-2H3. The Morgan fingerprint density at radius 1 is 1.09 bits per heavy atom. The van der Waals surface area contributed by atoms with E-state index in [0.29, 0.717) is 18.0 Å². The van der Waals surface area contributed by atoms with Gasteiger partial charge in [-0.25, -0.2) is 4.98 Å². The van der Waals surface area contributed by atoms with Gasteiger partial charge in [-0.15, -0.1) is 0 Å². The third-order valence-corrected chi connectivity index (χ3v) is 3.78. The predicted octanol–water partition coefficient (Wildman–Crippen LogP) is 2.46. The quantitative estimate of drug-likeness (QED) is 0.757. The molecule has 0 saturated heterocycles. The zero-order valence-electron chi connectivity index (χ0n) is 13.3. The Morgan fingerprint density at radius 2 is 1.78 bits per heavy atom. The van der Waals surface area contributed by atoms with Crippen molar-refractivity contribution in [2.75, 3.05) is 20.8 Å². The monoisotopic (exact) mass is 312 g/mol. The number of nitrogens with zero attached hydrogens (tertiary/aromatic N) is 3. The van der Waals surface area contributed by atoms with Crippen molar-refractivity contribution in [1.29, 1.82) is 0 Å². The molecule has 0 aliphatic heterocycles. The lowest BCUT2D eigenvalue weighted by molar-refractivity contribution is 0.355. The van der Waals surface area contributed by atoms with Gasteiger partial charge in [0, 0.05) is 36.6 Å². The van der Waals surface area contributed by atoms with Crippen LogP contribution in [0.4, 0.5) is 0 Å². The number of ether oxygens (including phenoxy) is 2. The van der Waals surface area contributed by atoms with Crippen molar-refractivity contribution in [3.63, 3.8) is 0 Å². The van der Waals surface area contributed by atoms with Crippen molar-refractivity contribution in [3.8, 4) is 22.9 Å². The van der Waals surface area contributed by atoms with Gasteiger partial charge in [-0.3, -0.25) is 4.98 Å². The zero-order valence-corrected chi connectivity index (χ0v) is 13.3. The summed E-state index contributed by atoms with van der Waals surface area (Å²) in [5, 5.41) is 0. The van der Waals surface area contributed by atoms with Gasteiger partial charge in [0.25, 0.3) is 0 Å². The molecule has 6 nitrogen and oxygen atoms in total. The van der Waals surface area contributed by atoms with E-state index in [1.54, 1.807) is 26.6 Å². The number of pyridine rings is 1. The highest BCUT2D eigenvalue weighted by Gasteiger charge is 2.16. The van der Waals surface area contributed by atoms with Crippen LogP contribution in [-0.2, 0) is 6.54 Å². The second kappa shape index (κ2) is 6.66. The summed E-state index contributed by atoms with van der Waals surface area (Å²) in [4.78, 5) is 8.85. The zero-order chi connectivity index (χ0) is 16.2. The summed E-state index contributed by atoms with van der Waals surface area (Å²) in [7, 11) is 3.26. The Balaban J connectivity index is 2.22. The molecule has 3 rings (SSSR count). The van der Waals surface area contributed by atoms with Gasteiger partial charge in [0.15, 0.2) is 11.5 Å². The third-order valence-electron chi connectivity index (χ3n) is 3.78. The Morgan fingerprint density at radius 3 is 2.43 bits per heavy atom. The summed E-state index contributed by atoms with van der Waals surface area (Å²) in [5.74, 6) is 2.26. The number of fused-ring (bicyclic) bond motifs is 1. The van der Waals surface area contributed by atoms with E-state index in [1.807, 2.05) is 24.3 Å². The summed E-state index contributed by atoms with van der Waals surface area (Å²) in [6.45, 7) is 1.42. The van der Waals surface area contributed by atoms with Gasteiger partial charge in [0.2, 0.25) is 0 Å². The van der Waals surface area contributed by atoms with E-state index in [0.717, 1.165) is 35.4 Å². The first-order valence-corrected chi connectivity index (χ1v) is 7.51. The molecule has 0 spiro atoms. The van der Waals surface area contributed by atoms with Crippen LogP contribution in [0.1, 0.15) is 6.42 Å². The largest absolute Gasteiger partial charge is 0.493 e. The first kappa shape index (κ1) is 15.3. The molecule has 3 aromatic rings. The molecule has 0 atom stereocenters. The SMILES string of the molecule is COc1cc2nc(-c3ccncc3)n(CCCN)c2cc1OC. The van der Waals surface area contributed by atoms with Crippen LogP contribution in [0, 0.1) is 0 Å². The lowest BCUT2D eigenvalue weighted by Gasteiger charge is -2.10. The first-order valence-electron chi connectivity index (χ1n) is 7.51. The van der Waals surface area contributed by atoms with Crippen LogP contribution < -0.4 is 15.2 Å². The number of benzene rings is 1. The molecule has 2 N–H and O–H groups in total. The highest BCUT2D eigenvalue weighted by molar-refractivity contribution is 5.84. The van der Waals surface area contributed by atoms with Crippen LogP contribution in [0.3, 0.4) is 0 Å². The summed E-state index contributed by atoms with van der Waals surface area (Å²) in [6, 6.07) is 7.77. The highest BCUT2D eigenvalue weighted by Crippen LogP contribution is 2.34. The van der Waals surface area contributed by atoms with Crippen LogP contribution in [0.15, 0.2) is 36.7 Å². The molecule has 0 bridgehead atoms. The Labute approximate surface area is 134 Å². The lowest BCUT2D eigenvalue weighted by atomic mass is 10.2. The molecule has 6 heteroatoms. The van der Waals surface area contributed by atoms with Crippen LogP contribution in [-0.4, -0.2) is 35.3 Å². The molecule has 2 heterocycles. The second-order valence-corrected chi connectivity index (χ2v) is 5.16. The van der Waals surface area contributed by atoms with E-state index in [9.17, 15) is 0 Å². The highest BCUT2D eigenvalue weighted by atomic mass is 16.5. The maximum absolute atomic E-state index is 5.69. The average Bonchev–Trinajstić information content (AvgIpc) is 2.96. The molecular weight excluding hydrogens is 292 g/mol. The first-order chi connectivity index (χ1) is 11.3. The van der Waals surface area contributed by atoms with Crippen LogP contribution in [0.2, 0.25) is 0 Å². The van der Waals surface area contributed by atoms with Crippen molar-refractivity contribution in [2.45, 2.75) is 13.0 Å². The maximum atomic E-state index is 5.69. The van der Waals surface area contributed by atoms with Gasteiger partial charge in [-0.1, -0.05) is 0 Å². The maximum Gasteiger partial charge on any atom is 0.163 e. The minimum Gasteiger partial charge on any atom is -0.493 e. The fraction of sp³-hybridized carbons (Fsp3) is 0.294. The third kappa shape index (κ3) is 2.85. The summed E-state index contributed by atoms with van der Waals surface area (Å²) in [5.41, 5.74) is 8.58. The average molecular weight is 312 g/mol. The lowest BCUT2D eigenvalue weighted by Crippen LogP contribution is -2.07. The van der Waals surface area contributed by atoms with E-state index < -0.39 is 0 Å². The number of nitrogens with two attached hydrogens (primary N) is 1. The number of rotatable bonds is 6. The fourth-order valence-electron chi connectivity index (χ4n) is 2.65. The molecule has 0 amide bonds. The molecule has 23 heavy (non-hydrogen) atoms. The minimum absolute atomic E-state index is 0.628. The molecular formula is C17H20N4O2. The van der Waals surface area contributed by atoms with E-state index in [2.05, 4.69) is 9.55 Å². The van der Waals surface area contributed by atoms with Gasteiger partial charge in [0.05, 0.1) is 25.3 Å². The van der Waals surface area contributed by atoms with Gasteiger partial charge in [-0.2, -0.15) is 0 Å². The Bertz CT molecular complexity index is 799. The van der Waals surface area contributed by atoms with Crippen LogP contribution in [0.5, 0.6) is 11.5 Å². The molecule has 0 aliphatic carbocycles. The van der Waals surface area contributed by atoms with Crippen molar-refractivity contribution in [2.24, 2.45) is 5.73 Å². The Kier molecular flexibility index (Phi) is 4.43. The van der Waals surface area contributed by atoms with Crippen LogP contribution >= 0.6 is 0 Å². The van der Waals surface area contributed by atoms with Gasteiger partial charge in [-0.05, 0) is 25.1 Å². The molecule has 0 radical (unpaired) electrons. The minimum atomic E-state index is 0.628. The van der Waals surface area contributed by atoms with Crippen molar-refractivity contribution >= 4 is 11.0 Å². The smallest absolute Gasteiger partial charge is 0.163 e. The Hall–Kier alpha value is -2.60. The molecule has 120 valence electrons.